The van der Waals surface area contributed by atoms with E-state index in [4.69, 9.17) is 9.26 Å². The summed E-state index contributed by atoms with van der Waals surface area (Å²) in [6.45, 7) is 6.71. The summed E-state index contributed by atoms with van der Waals surface area (Å²) >= 11 is 0. The molecule has 0 atom stereocenters. The number of ether oxygens (including phenoxy) is 1. The van der Waals surface area contributed by atoms with E-state index in [0.717, 1.165) is 38.6 Å². The molecule has 0 saturated carbocycles. The second-order valence-corrected chi connectivity index (χ2v) is 3.99. The largest absolute Gasteiger partial charge is 0.382 e. The first-order valence-electron chi connectivity index (χ1n) is 6.57. The molecule has 0 aliphatic heterocycles. The molecule has 0 aromatic carbocycles. The Kier molecular flexibility index (Phi) is 11.4. The van der Waals surface area contributed by atoms with Gasteiger partial charge in [0.1, 0.15) is 0 Å². The quantitative estimate of drug-likeness (QED) is 0.299. The van der Waals surface area contributed by atoms with Crippen LogP contribution in [0.3, 0.4) is 0 Å². The molecule has 0 fully saturated rings. The maximum Gasteiger partial charge on any atom is 0.246 e. The van der Waals surface area contributed by atoms with Crippen LogP contribution in [0, 0.1) is 6.92 Å². The van der Waals surface area contributed by atoms with Gasteiger partial charge in [-0.05, 0) is 26.7 Å². The van der Waals surface area contributed by atoms with Gasteiger partial charge in [0, 0.05) is 26.8 Å². The number of aromatic nitrogens is 2. The van der Waals surface area contributed by atoms with Crippen molar-refractivity contribution in [3.63, 3.8) is 0 Å². The number of halogens is 1. The smallest absolute Gasteiger partial charge is 0.246 e. The summed E-state index contributed by atoms with van der Waals surface area (Å²) in [6.07, 6.45) is 2.08. The lowest BCUT2D eigenvalue weighted by atomic mass is 10.3. The first-order valence-corrected chi connectivity index (χ1v) is 6.57. The van der Waals surface area contributed by atoms with Gasteiger partial charge in [0.2, 0.25) is 5.89 Å². The monoisotopic (exact) mass is 397 g/mol. The molecule has 0 spiro atoms. The van der Waals surface area contributed by atoms with Gasteiger partial charge in [-0.1, -0.05) is 5.16 Å². The van der Waals surface area contributed by atoms with Gasteiger partial charge < -0.3 is 19.9 Å². The third kappa shape index (κ3) is 8.31. The minimum absolute atomic E-state index is 0. The standard InChI is InChI=1S/C12H23N5O2.HI/c1-4-18-8-6-5-7-14-12(13-3)15-9-11-16-10(2)17-19-11;/h4-9H2,1-3H3,(H2,13,14,15);1H. The number of hydrogen-bond donors (Lipinski definition) is 2. The Morgan fingerprint density at radius 2 is 2.15 bits per heavy atom. The normalized spacial score (nSPS) is 11.1. The van der Waals surface area contributed by atoms with Gasteiger partial charge in [0.15, 0.2) is 11.8 Å². The number of aliphatic imine (C=N–C) groups is 1. The molecule has 20 heavy (non-hydrogen) atoms. The van der Waals surface area contributed by atoms with E-state index in [0.29, 0.717) is 18.3 Å². The summed E-state index contributed by atoms with van der Waals surface area (Å²) in [5, 5.41) is 10.1. The maximum atomic E-state index is 5.27. The molecule has 8 heteroatoms. The van der Waals surface area contributed by atoms with Gasteiger partial charge >= 0.3 is 0 Å². The predicted molar refractivity (Wildman–Crippen MR) is 88.4 cm³/mol. The molecule has 0 unspecified atom stereocenters. The van der Waals surface area contributed by atoms with E-state index >= 15 is 0 Å². The maximum absolute atomic E-state index is 5.27. The fraction of sp³-hybridized carbons (Fsp3) is 0.750. The molecule has 1 rings (SSSR count). The van der Waals surface area contributed by atoms with E-state index in [1.165, 1.54) is 0 Å². The van der Waals surface area contributed by atoms with E-state index in [1.54, 1.807) is 14.0 Å². The van der Waals surface area contributed by atoms with Crippen LogP contribution in [0.2, 0.25) is 0 Å². The van der Waals surface area contributed by atoms with Crippen LogP contribution < -0.4 is 10.6 Å². The highest BCUT2D eigenvalue weighted by Crippen LogP contribution is 1.94. The average molecular weight is 397 g/mol. The number of nitrogens with zero attached hydrogens (tertiary/aromatic N) is 3. The fourth-order valence-corrected chi connectivity index (χ4v) is 1.47. The van der Waals surface area contributed by atoms with Crippen LogP contribution in [-0.2, 0) is 11.3 Å². The van der Waals surface area contributed by atoms with Crippen LogP contribution in [-0.4, -0.2) is 42.9 Å². The van der Waals surface area contributed by atoms with Crippen molar-refractivity contribution in [2.75, 3.05) is 26.8 Å². The summed E-state index contributed by atoms with van der Waals surface area (Å²) in [4.78, 5) is 8.22. The zero-order valence-corrected chi connectivity index (χ0v) is 14.6. The molecule has 2 N–H and O–H groups in total. The van der Waals surface area contributed by atoms with Crippen molar-refractivity contribution in [2.45, 2.75) is 33.2 Å². The second-order valence-electron chi connectivity index (χ2n) is 3.99. The SMILES string of the molecule is CCOCCCCNC(=NC)NCc1nc(C)no1.I. The Balaban J connectivity index is 0.00000361. The Bertz CT molecular complexity index is 384. The number of rotatable bonds is 8. The number of aryl methyl sites for hydroxylation is 1. The second kappa shape index (κ2) is 11.9. The third-order valence-corrected chi connectivity index (χ3v) is 2.41. The number of guanidine groups is 1. The van der Waals surface area contributed by atoms with E-state index in [2.05, 4.69) is 25.8 Å². The molecule has 1 heterocycles. The van der Waals surface area contributed by atoms with Crippen molar-refractivity contribution >= 4 is 29.9 Å². The van der Waals surface area contributed by atoms with Gasteiger partial charge in [-0.2, -0.15) is 4.98 Å². The lowest BCUT2D eigenvalue weighted by Crippen LogP contribution is -2.37. The first-order chi connectivity index (χ1) is 9.26. The molecule has 0 amide bonds. The lowest BCUT2D eigenvalue weighted by Gasteiger charge is -2.10. The van der Waals surface area contributed by atoms with Crippen molar-refractivity contribution in [3.8, 4) is 0 Å². The average Bonchev–Trinajstić information content (AvgIpc) is 2.83. The van der Waals surface area contributed by atoms with Crippen LogP contribution in [0.15, 0.2) is 9.52 Å². The van der Waals surface area contributed by atoms with Crippen molar-refractivity contribution in [2.24, 2.45) is 4.99 Å². The van der Waals surface area contributed by atoms with Gasteiger partial charge in [-0.25, -0.2) is 0 Å². The van der Waals surface area contributed by atoms with Crippen LogP contribution in [0.25, 0.3) is 0 Å². The van der Waals surface area contributed by atoms with E-state index in [1.807, 2.05) is 6.92 Å². The Morgan fingerprint density at radius 1 is 1.35 bits per heavy atom. The molecule has 0 bridgehead atoms. The van der Waals surface area contributed by atoms with E-state index in [-0.39, 0.29) is 24.0 Å². The Morgan fingerprint density at radius 3 is 2.75 bits per heavy atom. The van der Waals surface area contributed by atoms with Gasteiger partial charge in [0.25, 0.3) is 0 Å². The van der Waals surface area contributed by atoms with Gasteiger partial charge in [0.05, 0.1) is 6.54 Å². The zero-order chi connectivity index (χ0) is 13.9. The van der Waals surface area contributed by atoms with Crippen LogP contribution in [0.4, 0.5) is 0 Å². The minimum Gasteiger partial charge on any atom is -0.382 e. The topological polar surface area (TPSA) is 84.6 Å². The summed E-state index contributed by atoms with van der Waals surface area (Å²) in [7, 11) is 1.73. The predicted octanol–water partition coefficient (Wildman–Crippen LogP) is 1.48. The molecular weight excluding hydrogens is 373 g/mol. The number of nitrogens with one attached hydrogen (secondary N) is 2. The molecule has 116 valence electrons. The number of hydrogen-bond acceptors (Lipinski definition) is 5. The first kappa shape index (κ1) is 19.1. The summed E-state index contributed by atoms with van der Waals surface area (Å²) < 4.78 is 10.3. The summed E-state index contributed by atoms with van der Waals surface area (Å²) in [6, 6.07) is 0. The molecule has 0 radical (unpaired) electrons. The van der Waals surface area contributed by atoms with Crippen molar-refractivity contribution < 1.29 is 9.26 Å². The molecule has 0 aliphatic carbocycles. The van der Waals surface area contributed by atoms with Crippen molar-refractivity contribution in [3.05, 3.63) is 11.7 Å². The van der Waals surface area contributed by atoms with Gasteiger partial charge in [-0.3, -0.25) is 4.99 Å². The van der Waals surface area contributed by atoms with Crippen LogP contribution in [0.1, 0.15) is 31.5 Å². The molecule has 7 nitrogen and oxygen atoms in total. The Labute approximate surface area is 137 Å². The highest BCUT2D eigenvalue weighted by atomic mass is 127. The lowest BCUT2D eigenvalue weighted by molar-refractivity contribution is 0.143. The van der Waals surface area contributed by atoms with Gasteiger partial charge in [-0.15, -0.1) is 24.0 Å². The summed E-state index contributed by atoms with van der Waals surface area (Å²) in [5.74, 6) is 1.92. The summed E-state index contributed by atoms with van der Waals surface area (Å²) in [5.41, 5.74) is 0. The van der Waals surface area contributed by atoms with Crippen molar-refractivity contribution in [1.82, 2.24) is 20.8 Å². The van der Waals surface area contributed by atoms with E-state index in [9.17, 15) is 0 Å². The molecule has 0 saturated heterocycles. The van der Waals surface area contributed by atoms with Crippen LogP contribution >= 0.6 is 24.0 Å². The number of unbranched alkanes of at least 4 members (excludes halogenated alkanes) is 1. The molecule has 1 aromatic rings. The highest BCUT2D eigenvalue weighted by Gasteiger charge is 2.03. The van der Waals surface area contributed by atoms with E-state index < -0.39 is 0 Å². The highest BCUT2D eigenvalue weighted by molar-refractivity contribution is 14.0. The molecule has 0 aliphatic rings. The minimum atomic E-state index is 0. The molecular formula is C12H24IN5O2. The fourth-order valence-electron chi connectivity index (χ4n) is 1.47. The van der Waals surface area contributed by atoms with Crippen LogP contribution in [0.5, 0.6) is 0 Å². The zero-order valence-electron chi connectivity index (χ0n) is 12.3. The molecule has 1 aromatic heterocycles. The third-order valence-electron chi connectivity index (χ3n) is 2.41. The Hall–Kier alpha value is -0.900. The van der Waals surface area contributed by atoms with Crippen molar-refractivity contribution in [1.29, 1.82) is 0 Å².